The monoisotopic (exact) mass is 401 g/mol. The van der Waals surface area contributed by atoms with Crippen LogP contribution in [0.15, 0.2) is 41.0 Å². The Balaban J connectivity index is 1.44. The molecule has 152 valence electrons. The van der Waals surface area contributed by atoms with Gasteiger partial charge in [0.05, 0.1) is 12.3 Å². The molecule has 0 radical (unpaired) electrons. The number of carbonyl (C=O) groups excluding carboxylic acids is 1. The molecule has 9 heteroatoms. The van der Waals surface area contributed by atoms with Gasteiger partial charge in [0.25, 0.3) is 5.91 Å². The first kappa shape index (κ1) is 19.3. The molecule has 0 bridgehead atoms. The van der Waals surface area contributed by atoms with Gasteiger partial charge in [-0.1, -0.05) is 12.1 Å². The molecule has 3 heterocycles. The van der Waals surface area contributed by atoms with E-state index in [1.165, 1.54) is 12.3 Å². The molecule has 0 aliphatic carbocycles. The minimum absolute atomic E-state index is 0.232. The van der Waals surface area contributed by atoms with E-state index in [0.29, 0.717) is 44.0 Å². The summed E-state index contributed by atoms with van der Waals surface area (Å²) in [5.41, 5.74) is 0.335. The van der Waals surface area contributed by atoms with Crippen LogP contribution in [0.1, 0.15) is 40.7 Å². The lowest BCUT2D eigenvalue weighted by molar-refractivity contribution is 0.0909. The van der Waals surface area contributed by atoms with Gasteiger partial charge < -0.3 is 14.3 Å². The second-order valence-corrected chi connectivity index (χ2v) is 7.04. The normalized spacial score (nSPS) is 15.6. The molecule has 1 aromatic carbocycles. The maximum absolute atomic E-state index is 14.0. The van der Waals surface area contributed by atoms with Gasteiger partial charge in [-0.3, -0.25) is 9.69 Å². The van der Waals surface area contributed by atoms with Crippen molar-refractivity contribution in [1.29, 1.82) is 0 Å². The fourth-order valence-corrected chi connectivity index (χ4v) is 3.52. The smallest absolute Gasteiger partial charge is 0.287 e. The Morgan fingerprint density at radius 3 is 2.86 bits per heavy atom. The Bertz CT molecular complexity index is 1000. The third-order valence-electron chi connectivity index (χ3n) is 5.05. The van der Waals surface area contributed by atoms with Crippen molar-refractivity contribution in [2.24, 2.45) is 0 Å². The Labute approximate surface area is 166 Å². The van der Waals surface area contributed by atoms with Crippen LogP contribution < -0.4 is 5.32 Å². The SMILES string of the molecule is C[C@@H](NC(=O)c1ccco1)c1nnc2n1CCN(Cc1cccc(F)c1F)CC2. The molecule has 1 atom stereocenters. The third-order valence-corrected chi connectivity index (χ3v) is 5.05. The molecule has 0 unspecified atom stereocenters. The van der Waals surface area contributed by atoms with E-state index >= 15 is 0 Å². The Morgan fingerprint density at radius 2 is 2.07 bits per heavy atom. The zero-order chi connectivity index (χ0) is 20.4. The van der Waals surface area contributed by atoms with Gasteiger partial charge in [0.2, 0.25) is 0 Å². The molecule has 1 amide bonds. The van der Waals surface area contributed by atoms with Gasteiger partial charge in [0.15, 0.2) is 23.2 Å². The van der Waals surface area contributed by atoms with Gasteiger partial charge in [-0.15, -0.1) is 10.2 Å². The molecule has 0 saturated heterocycles. The van der Waals surface area contributed by atoms with Crippen molar-refractivity contribution in [1.82, 2.24) is 25.0 Å². The fraction of sp³-hybridized carbons (Fsp3) is 0.350. The van der Waals surface area contributed by atoms with Crippen molar-refractivity contribution in [3.05, 3.63) is 71.2 Å². The summed E-state index contributed by atoms with van der Waals surface area (Å²) in [6, 6.07) is 7.12. The molecule has 0 fully saturated rings. The minimum Gasteiger partial charge on any atom is -0.459 e. The van der Waals surface area contributed by atoms with Crippen LogP contribution in [0.3, 0.4) is 0 Å². The van der Waals surface area contributed by atoms with Crippen molar-refractivity contribution in [2.75, 3.05) is 13.1 Å². The topological polar surface area (TPSA) is 76.2 Å². The minimum atomic E-state index is -0.835. The molecule has 0 spiro atoms. The Hall–Kier alpha value is -3.07. The number of carbonyl (C=O) groups is 1. The molecular formula is C20H21F2N5O2. The Morgan fingerprint density at radius 1 is 1.21 bits per heavy atom. The van der Waals surface area contributed by atoms with E-state index in [-0.39, 0.29) is 17.7 Å². The number of hydrogen-bond donors (Lipinski definition) is 1. The number of fused-ring (bicyclic) bond motifs is 1. The second kappa shape index (κ2) is 8.12. The number of halogens is 2. The molecule has 1 N–H and O–H groups in total. The molecular weight excluding hydrogens is 380 g/mol. The lowest BCUT2D eigenvalue weighted by Crippen LogP contribution is -2.30. The quantitative estimate of drug-likeness (QED) is 0.712. The molecule has 2 aromatic heterocycles. The fourth-order valence-electron chi connectivity index (χ4n) is 3.52. The summed E-state index contributed by atoms with van der Waals surface area (Å²) in [7, 11) is 0. The summed E-state index contributed by atoms with van der Waals surface area (Å²) < 4.78 is 34.6. The number of hydrogen-bond acceptors (Lipinski definition) is 5. The summed E-state index contributed by atoms with van der Waals surface area (Å²) >= 11 is 0. The number of aromatic nitrogens is 3. The highest BCUT2D eigenvalue weighted by Crippen LogP contribution is 2.19. The number of nitrogens with zero attached hydrogens (tertiary/aromatic N) is 4. The van der Waals surface area contributed by atoms with Crippen molar-refractivity contribution in [3.63, 3.8) is 0 Å². The molecule has 4 rings (SSSR count). The maximum Gasteiger partial charge on any atom is 0.287 e. The number of rotatable bonds is 5. The highest BCUT2D eigenvalue weighted by molar-refractivity contribution is 5.91. The highest BCUT2D eigenvalue weighted by atomic mass is 19.2. The molecule has 0 saturated carbocycles. The average Bonchev–Trinajstić information content (AvgIpc) is 3.34. The van der Waals surface area contributed by atoms with Crippen molar-refractivity contribution in [2.45, 2.75) is 32.5 Å². The number of benzene rings is 1. The summed E-state index contributed by atoms with van der Waals surface area (Å²) in [4.78, 5) is 14.3. The number of furan rings is 1. The van der Waals surface area contributed by atoms with Crippen LogP contribution >= 0.6 is 0 Å². The summed E-state index contributed by atoms with van der Waals surface area (Å²) in [5.74, 6) is -0.267. The van der Waals surface area contributed by atoms with E-state index in [4.69, 9.17) is 4.42 Å². The maximum atomic E-state index is 14.0. The zero-order valence-corrected chi connectivity index (χ0v) is 15.9. The van der Waals surface area contributed by atoms with Gasteiger partial charge >= 0.3 is 0 Å². The lowest BCUT2D eigenvalue weighted by atomic mass is 10.2. The first-order valence-electron chi connectivity index (χ1n) is 9.44. The predicted molar refractivity (Wildman–Crippen MR) is 100.0 cm³/mol. The molecule has 1 aliphatic rings. The van der Waals surface area contributed by atoms with E-state index in [1.807, 2.05) is 11.5 Å². The van der Waals surface area contributed by atoms with E-state index in [9.17, 15) is 13.6 Å². The van der Waals surface area contributed by atoms with Crippen LogP contribution in [0.5, 0.6) is 0 Å². The number of amides is 1. The molecule has 29 heavy (non-hydrogen) atoms. The van der Waals surface area contributed by atoms with E-state index < -0.39 is 11.6 Å². The molecule has 7 nitrogen and oxygen atoms in total. The largest absolute Gasteiger partial charge is 0.459 e. The lowest BCUT2D eigenvalue weighted by Gasteiger charge is -2.20. The van der Waals surface area contributed by atoms with Gasteiger partial charge in [-0.2, -0.15) is 0 Å². The first-order chi connectivity index (χ1) is 14.0. The standard InChI is InChI=1S/C20H21F2N5O2/c1-13(23-20(28)16-6-3-11-29-16)19-25-24-17-7-8-26(9-10-27(17)19)12-14-4-2-5-15(21)18(14)22/h2-6,11,13H,7-10,12H2,1H3,(H,23,28)/t13-/m1/s1. The highest BCUT2D eigenvalue weighted by Gasteiger charge is 2.24. The average molecular weight is 401 g/mol. The van der Waals surface area contributed by atoms with E-state index in [2.05, 4.69) is 20.4 Å². The van der Waals surface area contributed by atoms with Gasteiger partial charge in [0, 0.05) is 38.2 Å². The summed E-state index contributed by atoms with van der Waals surface area (Å²) in [6.07, 6.45) is 2.07. The van der Waals surface area contributed by atoms with Crippen molar-refractivity contribution >= 4 is 5.91 Å². The van der Waals surface area contributed by atoms with Gasteiger partial charge in [0.1, 0.15) is 5.82 Å². The van der Waals surface area contributed by atoms with Crippen LogP contribution in [-0.2, 0) is 19.5 Å². The van der Waals surface area contributed by atoms with Crippen LogP contribution in [0.4, 0.5) is 8.78 Å². The zero-order valence-electron chi connectivity index (χ0n) is 15.9. The van der Waals surface area contributed by atoms with Crippen molar-refractivity contribution in [3.8, 4) is 0 Å². The Kier molecular flexibility index (Phi) is 5.39. The van der Waals surface area contributed by atoms with Gasteiger partial charge in [-0.25, -0.2) is 8.78 Å². The summed E-state index contributed by atoms with van der Waals surface area (Å²) in [5, 5.41) is 11.4. The van der Waals surface area contributed by atoms with E-state index in [1.54, 1.807) is 18.2 Å². The number of nitrogens with one attached hydrogen (secondary N) is 1. The third kappa shape index (κ3) is 4.04. The van der Waals surface area contributed by atoms with Crippen LogP contribution in [0.2, 0.25) is 0 Å². The predicted octanol–water partition coefficient (Wildman–Crippen LogP) is 2.70. The van der Waals surface area contributed by atoms with Crippen LogP contribution in [0, 0.1) is 11.6 Å². The first-order valence-corrected chi connectivity index (χ1v) is 9.44. The van der Waals surface area contributed by atoms with E-state index in [0.717, 1.165) is 11.9 Å². The van der Waals surface area contributed by atoms with Crippen molar-refractivity contribution < 1.29 is 18.0 Å². The molecule has 1 aliphatic heterocycles. The van der Waals surface area contributed by atoms with Gasteiger partial charge in [-0.05, 0) is 25.1 Å². The second-order valence-electron chi connectivity index (χ2n) is 7.04. The molecule has 3 aromatic rings. The van der Waals surface area contributed by atoms with Crippen LogP contribution in [0.25, 0.3) is 0 Å². The van der Waals surface area contributed by atoms with Crippen LogP contribution in [-0.4, -0.2) is 38.7 Å². The summed E-state index contributed by atoms with van der Waals surface area (Å²) in [6.45, 7) is 4.04.